The first-order valence-electron chi connectivity index (χ1n) is 8.72. The van der Waals surface area contributed by atoms with Gasteiger partial charge in [-0.25, -0.2) is 0 Å². The highest BCUT2D eigenvalue weighted by molar-refractivity contribution is 6.90. The van der Waals surface area contributed by atoms with Crippen LogP contribution in [0.2, 0.25) is 65.0 Å². The molecule has 8 heteroatoms. The zero-order chi connectivity index (χ0) is 18.4. The molecule has 0 aromatic heterocycles. The molecule has 0 amide bonds. The van der Waals surface area contributed by atoms with Crippen LogP contribution in [0.25, 0.3) is 0 Å². The van der Waals surface area contributed by atoms with Crippen molar-refractivity contribution < 1.29 is 17.1 Å². The first kappa shape index (κ1) is 23.7. The van der Waals surface area contributed by atoms with Gasteiger partial charge >= 0.3 is 8.80 Å². The smallest absolute Gasteiger partial charge is 0.417 e. The molecule has 0 aliphatic carbocycles. The summed E-state index contributed by atoms with van der Waals surface area (Å²) < 4.78 is 25.4. The highest BCUT2D eigenvalue weighted by atomic mass is 28.5. The van der Waals surface area contributed by atoms with Gasteiger partial charge in [0.25, 0.3) is 0 Å². The number of hydrogen-bond acceptors (Lipinski definition) is 4. The summed E-state index contributed by atoms with van der Waals surface area (Å²) in [5.74, 6) is 0. The van der Waals surface area contributed by atoms with Gasteiger partial charge < -0.3 is 17.1 Å². The molecule has 0 fully saturated rings. The predicted octanol–water partition coefficient (Wildman–Crippen LogP) is 5.46. The van der Waals surface area contributed by atoms with Crippen molar-refractivity contribution in [1.29, 1.82) is 0 Å². The zero-order valence-electron chi connectivity index (χ0n) is 17.0. The van der Waals surface area contributed by atoms with E-state index in [-0.39, 0.29) is 0 Å². The Morgan fingerprint density at radius 2 is 1.09 bits per heavy atom. The fourth-order valence-electron chi connectivity index (χ4n) is 2.19. The van der Waals surface area contributed by atoms with Crippen molar-refractivity contribution in [2.45, 2.75) is 84.7 Å². The average molecular weight is 396 g/mol. The summed E-state index contributed by atoms with van der Waals surface area (Å²) in [7, 11) is -7.95. The van der Waals surface area contributed by atoms with Crippen LogP contribution >= 0.6 is 0 Å². The maximum atomic E-state index is 6.62. The summed E-state index contributed by atoms with van der Waals surface area (Å²) in [6.45, 7) is 24.6. The second kappa shape index (κ2) is 9.42. The average Bonchev–Trinajstić information content (AvgIpc) is 2.20. The molecule has 1 radical (unpaired) electrons. The van der Waals surface area contributed by atoms with E-state index in [9.17, 15) is 0 Å². The lowest BCUT2D eigenvalue weighted by molar-refractivity contribution is 0.185. The van der Waals surface area contributed by atoms with Gasteiger partial charge in [0.2, 0.25) is 0 Å². The number of rotatable bonds is 12. The third kappa shape index (κ3) is 13.7. The Labute approximate surface area is 149 Å². The van der Waals surface area contributed by atoms with Crippen molar-refractivity contribution in [1.82, 2.24) is 0 Å². The van der Waals surface area contributed by atoms with Crippen LogP contribution in [-0.2, 0) is 17.1 Å². The molecule has 0 aromatic carbocycles. The van der Waals surface area contributed by atoms with E-state index in [0.717, 1.165) is 18.9 Å². The Bertz CT molecular complexity index is 291. The first-order chi connectivity index (χ1) is 10.2. The van der Waals surface area contributed by atoms with Crippen molar-refractivity contribution in [2.75, 3.05) is 6.61 Å². The van der Waals surface area contributed by atoms with Crippen LogP contribution in [-0.4, -0.2) is 40.4 Å². The monoisotopic (exact) mass is 395 g/mol. The lowest BCUT2D eigenvalue weighted by atomic mass is 10.5. The Balaban J connectivity index is 5.21. The third-order valence-corrected chi connectivity index (χ3v) is 14.5. The summed E-state index contributed by atoms with van der Waals surface area (Å²) in [6.07, 6.45) is 1.85. The Kier molecular flexibility index (Phi) is 9.71. The lowest BCUT2D eigenvalue weighted by Crippen LogP contribution is -2.60. The van der Waals surface area contributed by atoms with E-state index < -0.39 is 33.8 Å². The first-order valence-corrected chi connectivity index (χ1v) is 20.9. The quantitative estimate of drug-likeness (QED) is 0.325. The third-order valence-electron chi connectivity index (χ3n) is 2.41. The molecule has 23 heavy (non-hydrogen) atoms. The van der Waals surface area contributed by atoms with Gasteiger partial charge in [0, 0.05) is 12.7 Å². The van der Waals surface area contributed by atoms with Crippen LogP contribution in [0.5, 0.6) is 0 Å². The molecule has 0 N–H and O–H groups in total. The van der Waals surface area contributed by atoms with Gasteiger partial charge in [-0.15, -0.1) is 0 Å². The fraction of sp³-hybridized carbons (Fsp3) is 0.933. The van der Waals surface area contributed by atoms with E-state index in [4.69, 9.17) is 17.1 Å². The van der Waals surface area contributed by atoms with Crippen LogP contribution in [0.4, 0.5) is 0 Å². The van der Waals surface area contributed by atoms with Crippen molar-refractivity contribution in [3.8, 4) is 0 Å². The molecule has 0 saturated carbocycles. The van der Waals surface area contributed by atoms with Gasteiger partial charge in [0.05, 0.1) is 6.61 Å². The summed E-state index contributed by atoms with van der Waals surface area (Å²) in [5.41, 5.74) is 0. The Hall–Kier alpha value is 0.708. The summed E-state index contributed by atoms with van der Waals surface area (Å²) in [5, 5.41) is 0. The second-order valence-corrected chi connectivity index (χ2v) is 25.9. The maximum Gasteiger partial charge on any atom is 0.469 e. The van der Waals surface area contributed by atoms with Crippen molar-refractivity contribution in [3.63, 3.8) is 0 Å². The molecule has 0 aliphatic rings. The fourth-order valence-corrected chi connectivity index (χ4v) is 16.8. The molecule has 0 aromatic rings. The molecule has 0 saturated heterocycles. The van der Waals surface area contributed by atoms with Crippen LogP contribution in [0.3, 0.4) is 0 Å². The molecule has 139 valence electrons. The molecular formula is C15H39O4Si4. The summed E-state index contributed by atoms with van der Waals surface area (Å²) in [4.78, 5) is 0. The maximum absolute atomic E-state index is 6.62. The molecule has 4 nitrogen and oxygen atoms in total. The largest absolute Gasteiger partial charge is 0.469 e. The van der Waals surface area contributed by atoms with Crippen LogP contribution < -0.4 is 0 Å². The lowest BCUT2D eigenvalue weighted by Gasteiger charge is -2.42. The van der Waals surface area contributed by atoms with E-state index >= 15 is 0 Å². The van der Waals surface area contributed by atoms with Gasteiger partial charge in [0.15, 0.2) is 25.0 Å². The van der Waals surface area contributed by atoms with Gasteiger partial charge in [-0.3, -0.25) is 0 Å². The van der Waals surface area contributed by atoms with Crippen LogP contribution in [0.1, 0.15) is 19.8 Å². The zero-order valence-corrected chi connectivity index (χ0v) is 21.0. The predicted molar refractivity (Wildman–Crippen MR) is 109 cm³/mol. The minimum Gasteiger partial charge on any atom is -0.417 e. The van der Waals surface area contributed by atoms with Crippen LogP contribution in [0, 0.1) is 6.61 Å². The normalized spacial score (nSPS) is 14.3. The molecule has 0 spiro atoms. The standard InChI is InChI=1S/C15H39O4Si4/c1-11-13-16-14-12-15-23(17-20(2,3)4,18-21(5,6)7)19-22(8,9)10/h13H,11-12,14-15H2,1-10H3. The SMILES string of the molecule is CC[CH]OCCC[Si](O[Si](C)(C)C)(O[Si](C)(C)C)O[Si](C)(C)C. The summed E-state index contributed by atoms with van der Waals surface area (Å²) >= 11 is 0. The minimum absolute atomic E-state index is 0.710. The Morgan fingerprint density at radius 3 is 1.39 bits per heavy atom. The molecule has 0 atom stereocenters. The molecular weight excluding hydrogens is 357 g/mol. The topological polar surface area (TPSA) is 36.9 Å². The van der Waals surface area contributed by atoms with Crippen molar-refractivity contribution in [3.05, 3.63) is 6.61 Å². The minimum atomic E-state index is -2.67. The number of hydrogen-bond donors (Lipinski definition) is 0. The van der Waals surface area contributed by atoms with Gasteiger partial charge in [-0.05, 0) is 71.8 Å². The molecule has 0 unspecified atom stereocenters. The van der Waals surface area contributed by atoms with Gasteiger partial charge in [0.1, 0.15) is 0 Å². The van der Waals surface area contributed by atoms with E-state index in [1.807, 2.05) is 6.61 Å². The molecule has 0 bridgehead atoms. The van der Waals surface area contributed by atoms with Crippen molar-refractivity contribution >= 4 is 33.8 Å². The second-order valence-electron chi connectivity index (χ2n) is 8.88. The number of ether oxygens (including phenoxy) is 1. The molecule has 0 heterocycles. The highest BCUT2D eigenvalue weighted by Gasteiger charge is 2.49. The summed E-state index contributed by atoms with van der Waals surface area (Å²) in [6, 6.07) is 0.851. The highest BCUT2D eigenvalue weighted by Crippen LogP contribution is 2.29. The van der Waals surface area contributed by atoms with E-state index in [0.29, 0.717) is 6.61 Å². The van der Waals surface area contributed by atoms with Crippen LogP contribution in [0.15, 0.2) is 0 Å². The van der Waals surface area contributed by atoms with Gasteiger partial charge in [-0.2, -0.15) is 0 Å². The van der Waals surface area contributed by atoms with Gasteiger partial charge in [-0.1, -0.05) is 6.92 Å². The van der Waals surface area contributed by atoms with E-state index in [2.05, 4.69) is 65.8 Å². The molecule has 0 aliphatic heterocycles. The van der Waals surface area contributed by atoms with E-state index in [1.165, 1.54) is 0 Å². The van der Waals surface area contributed by atoms with Crippen molar-refractivity contribution in [2.24, 2.45) is 0 Å². The van der Waals surface area contributed by atoms with E-state index in [1.54, 1.807) is 0 Å². The molecule has 0 rings (SSSR count). The Morgan fingerprint density at radius 1 is 0.696 bits per heavy atom.